The van der Waals surface area contributed by atoms with Gasteiger partial charge in [0.1, 0.15) is 5.75 Å². The number of ether oxygens (including phenoxy) is 1. The summed E-state index contributed by atoms with van der Waals surface area (Å²) >= 11 is 1.59. The lowest BCUT2D eigenvalue weighted by Gasteiger charge is -2.28. The van der Waals surface area contributed by atoms with E-state index in [4.69, 9.17) is 4.74 Å². The van der Waals surface area contributed by atoms with Gasteiger partial charge in [-0.1, -0.05) is 0 Å². The van der Waals surface area contributed by atoms with E-state index in [0.717, 1.165) is 10.4 Å². The van der Waals surface area contributed by atoms with E-state index >= 15 is 0 Å². The van der Waals surface area contributed by atoms with E-state index in [-0.39, 0.29) is 23.5 Å². The minimum absolute atomic E-state index is 0.0410. The molecule has 0 aliphatic carbocycles. The van der Waals surface area contributed by atoms with Crippen LogP contribution in [0.2, 0.25) is 0 Å². The first kappa shape index (κ1) is 17.9. The summed E-state index contributed by atoms with van der Waals surface area (Å²) in [6.07, 6.45) is 0.495. The Morgan fingerprint density at radius 1 is 1.28 bits per heavy atom. The van der Waals surface area contributed by atoms with E-state index in [1.54, 1.807) is 47.6 Å². The summed E-state index contributed by atoms with van der Waals surface area (Å²) in [5.74, 6) is 0.727. The molecule has 0 spiro atoms. The predicted molar refractivity (Wildman–Crippen MR) is 99.0 cm³/mol. The second-order valence-corrected chi connectivity index (χ2v) is 9.47. The Balaban J connectivity index is 1.89. The van der Waals surface area contributed by atoms with Crippen molar-refractivity contribution in [2.45, 2.75) is 25.9 Å². The number of thiophene rings is 1. The average Bonchev–Trinajstić information content (AvgIpc) is 3.17. The summed E-state index contributed by atoms with van der Waals surface area (Å²) in [7, 11) is -1.49. The molecule has 25 heavy (non-hydrogen) atoms. The van der Waals surface area contributed by atoms with E-state index < -0.39 is 9.84 Å². The summed E-state index contributed by atoms with van der Waals surface area (Å²) in [6, 6.07) is 8.67. The van der Waals surface area contributed by atoms with E-state index in [0.29, 0.717) is 24.3 Å². The number of hydrogen-bond acceptors (Lipinski definition) is 5. The number of benzene rings is 1. The molecule has 3 rings (SSSR count). The SMILES string of the molecule is COc1ccc(C(=O)N(Cc2sccc2C)[C@H]2CCS(=O)(=O)C2)cc1. The van der Waals surface area contributed by atoms with Crippen molar-refractivity contribution in [2.75, 3.05) is 18.6 Å². The van der Waals surface area contributed by atoms with Gasteiger partial charge in [0.25, 0.3) is 5.91 Å². The lowest BCUT2D eigenvalue weighted by atomic mass is 10.1. The first-order valence-corrected chi connectivity index (χ1v) is 10.8. The third kappa shape index (κ3) is 4.04. The number of nitrogens with zero attached hydrogens (tertiary/aromatic N) is 1. The van der Waals surface area contributed by atoms with Gasteiger partial charge in [-0.15, -0.1) is 11.3 Å². The summed E-state index contributed by atoms with van der Waals surface area (Å²) in [4.78, 5) is 15.9. The van der Waals surface area contributed by atoms with Gasteiger partial charge in [0, 0.05) is 16.5 Å². The Morgan fingerprint density at radius 3 is 2.52 bits per heavy atom. The Hall–Kier alpha value is -1.86. The Morgan fingerprint density at radius 2 is 2.00 bits per heavy atom. The Kier molecular flexibility index (Phi) is 5.15. The van der Waals surface area contributed by atoms with E-state index in [9.17, 15) is 13.2 Å². The van der Waals surface area contributed by atoms with Crippen LogP contribution in [0.5, 0.6) is 5.75 Å². The summed E-state index contributed by atoms with van der Waals surface area (Å²) in [6.45, 7) is 2.45. The first-order chi connectivity index (χ1) is 11.9. The molecule has 7 heteroatoms. The van der Waals surface area contributed by atoms with Gasteiger partial charge < -0.3 is 9.64 Å². The molecule has 1 aromatic carbocycles. The maximum Gasteiger partial charge on any atom is 0.254 e. The number of hydrogen-bond donors (Lipinski definition) is 0. The minimum Gasteiger partial charge on any atom is -0.497 e. The van der Waals surface area contributed by atoms with Gasteiger partial charge in [0.05, 0.1) is 25.2 Å². The summed E-state index contributed by atoms with van der Waals surface area (Å²) in [5.41, 5.74) is 1.66. The molecule has 2 aromatic rings. The van der Waals surface area contributed by atoms with Gasteiger partial charge in [-0.05, 0) is 54.6 Å². The second-order valence-electron chi connectivity index (χ2n) is 6.25. The molecule has 1 aliphatic heterocycles. The van der Waals surface area contributed by atoms with Gasteiger partial charge in [-0.3, -0.25) is 4.79 Å². The van der Waals surface area contributed by atoms with Crippen LogP contribution in [0.1, 0.15) is 27.2 Å². The fourth-order valence-electron chi connectivity index (χ4n) is 3.01. The molecule has 1 fully saturated rings. The molecule has 1 saturated heterocycles. The van der Waals surface area contributed by atoms with Crippen LogP contribution in [0.4, 0.5) is 0 Å². The standard InChI is InChI=1S/C18H21NO4S2/c1-13-7-9-24-17(13)11-19(15-8-10-25(21,22)12-15)18(20)14-3-5-16(23-2)6-4-14/h3-7,9,15H,8,10-12H2,1-2H3/t15-/m0/s1. The summed E-state index contributed by atoms with van der Waals surface area (Å²) in [5, 5.41) is 1.99. The topological polar surface area (TPSA) is 63.7 Å². The second kappa shape index (κ2) is 7.17. The molecule has 1 amide bonds. The maximum absolute atomic E-state index is 13.1. The van der Waals surface area contributed by atoms with Crippen LogP contribution in [0, 0.1) is 6.92 Å². The number of sulfone groups is 1. The molecule has 1 aliphatic rings. The molecular weight excluding hydrogens is 358 g/mol. The minimum atomic E-state index is -3.07. The fourth-order valence-corrected chi connectivity index (χ4v) is 5.64. The molecule has 0 radical (unpaired) electrons. The molecule has 2 heterocycles. The molecule has 1 atom stereocenters. The van der Waals surface area contributed by atoms with Crippen LogP contribution in [0.25, 0.3) is 0 Å². The third-order valence-electron chi connectivity index (χ3n) is 4.53. The van der Waals surface area contributed by atoms with Crippen molar-refractivity contribution in [3.05, 3.63) is 51.7 Å². The average molecular weight is 380 g/mol. The van der Waals surface area contributed by atoms with E-state index in [2.05, 4.69) is 0 Å². The van der Waals surface area contributed by atoms with Crippen LogP contribution in [-0.4, -0.2) is 43.9 Å². The fraction of sp³-hybridized carbons (Fsp3) is 0.389. The van der Waals surface area contributed by atoms with Gasteiger partial charge in [-0.25, -0.2) is 8.42 Å². The van der Waals surface area contributed by atoms with Gasteiger partial charge in [0.2, 0.25) is 0 Å². The largest absolute Gasteiger partial charge is 0.497 e. The highest BCUT2D eigenvalue weighted by Crippen LogP contribution is 2.26. The number of aryl methyl sites for hydroxylation is 1. The highest BCUT2D eigenvalue weighted by molar-refractivity contribution is 7.91. The van der Waals surface area contributed by atoms with Crippen molar-refractivity contribution in [1.29, 1.82) is 0 Å². The molecular formula is C18H21NO4S2. The first-order valence-electron chi connectivity index (χ1n) is 8.08. The number of carbonyl (C=O) groups excluding carboxylic acids is 1. The van der Waals surface area contributed by atoms with Gasteiger partial charge >= 0.3 is 0 Å². The molecule has 134 valence electrons. The lowest BCUT2D eigenvalue weighted by Crippen LogP contribution is -2.40. The number of rotatable bonds is 5. The van der Waals surface area contributed by atoms with Crippen molar-refractivity contribution in [3.63, 3.8) is 0 Å². The molecule has 5 nitrogen and oxygen atoms in total. The molecule has 0 N–H and O–H groups in total. The molecule has 0 unspecified atom stereocenters. The van der Waals surface area contributed by atoms with Crippen LogP contribution >= 0.6 is 11.3 Å². The summed E-state index contributed by atoms with van der Waals surface area (Å²) < 4.78 is 28.9. The quantitative estimate of drug-likeness (QED) is 0.801. The van der Waals surface area contributed by atoms with Gasteiger partial charge in [-0.2, -0.15) is 0 Å². The van der Waals surface area contributed by atoms with Crippen molar-refractivity contribution in [3.8, 4) is 5.75 Å². The number of methoxy groups -OCH3 is 1. The Bertz CT molecular complexity index is 855. The van der Waals surface area contributed by atoms with E-state index in [1.807, 2.05) is 18.4 Å². The van der Waals surface area contributed by atoms with Crippen LogP contribution in [0.3, 0.4) is 0 Å². The van der Waals surface area contributed by atoms with Crippen molar-refractivity contribution in [2.24, 2.45) is 0 Å². The highest BCUT2D eigenvalue weighted by Gasteiger charge is 2.35. The highest BCUT2D eigenvalue weighted by atomic mass is 32.2. The lowest BCUT2D eigenvalue weighted by molar-refractivity contribution is 0.0683. The maximum atomic E-state index is 13.1. The predicted octanol–water partition coefficient (Wildman–Crippen LogP) is 2.89. The third-order valence-corrected chi connectivity index (χ3v) is 7.29. The monoisotopic (exact) mass is 379 g/mol. The smallest absolute Gasteiger partial charge is 0.254 e. The zero-order valence-corrected chi connectivity index (χ0v) is 15.9. The van der Waals surface area contributed by atoms with Crippen molar-refractivity contribution < 1.29 is 17.9 Å². The number of amides is 1. The van der Waals surface area contributed by atoms with Crippen LogP contribution < -0.4 is 4.74 Å². The van der Waals surface area contributed by atoms with Gasteiger partial charge in [0.15, 0.2) is 9.84 Å². The van der Waals surface area contributed by atoms with E-state index in [1.165, 1.54) is 0 Å². The van der Waals surface area contributed by atoms with Crippen molar-refractivity contribution >= 4 is 27.1 Å². The van der Waals surface area contributed by atoms with Crippen molar-refractivity contribution in [1.82, 2.24) is 4.90 Å². The molecule has 0 bridgehead atoms. The zero-order valence-electron chi connectivity index (χ0n) is 14.3. The Labute approximate surface area is 152 Å². The normalized spacial score (nSPS) is 18.9. The zero-order chi connectivity index (χ0) is 18.0. The van der Waals surface area contributed by atoms with Crippen LogP contribution in [0.15, 0.2) is 35.7 Å². The van der Waals surface area contributed by atoms with Crippen LogP contribution in [-0.2, 0) is 16.4 Å². The number of carbonyl (C=O) groups is 1. The molecule has 1 aromatic heterocycles. The molecule has 0 saturated carbocycles.